The van der Waals surface area contributed by atoms with E-state index in [-0.39, 0.29) is 0 Å². The first kappa shape index (κ1) is 10.8. The van der Waals surface area contributed by atoms with Gasteiger partial charge in [-0.15, -0.1) is 0 Å². The SMILES string of the molecule is CCc1cn(O)c(-c2ccccc2)c1CC. The van der Waals surface area contributed by atoms with E-state index in [1.54, 1.807) is 0 Å². The van der Waals surface area contributed by atoms with E-state index < -0.39 is 0 Å². The number of aromatic nitrogens is 1. The summed E-state index contributed by atoms with van der Waals surface area (Å²) >= 11 is 0. The van der Waals surface area contributed by atoms with Gasteiger partial charge >= 0.3 is 0 Å². The third kappa shape index (κ3) is 1.71. The summed E-state index contributed by atoms with van der Waals surface area (Å²) in [7, 11) is 0. The summed E-state index contributed by atoms with van der Waals surface area (Å²) in [5, 5.41) is 9.94. The van der Waals surface area contributed by atoms with Crippen LogP contribution in [0.25, 0.3) is 11.3 Å². The van der Waals surface area contributed by atoms with Gasteiger partial charge in [-0.2, -0.15) is 4.73 Å². The molecule has 0 fully saturated rings. The fourth-order valence-electron chi connectivity index (χ4n) is 2.18. The summed E-state index contributed by atoms with van der Waals surface area (Å²) in [6.45, 7) is 4.24. The highest BCUT2D eigenvalue weighted by Crippen LogP contribution is 2.28. The summed E-state index contributed by atoms with van der Waals surface area (Å²) in [5.41, 5.74) is 4.47. The number of hydrogen-bond acceptors (Lipinski definition) is 1. The van der Waals surface area contributed by atoms with Crippen molar-refractivity contribution in [3.8, 4) is 11.3 Å². The van der Waals surface area contributed by atoms with Crippen molar-refractivity contribution in [3.05, 3.63) is 47.7 Å². The summed E-state index contributed by atoms with van der Waals surface area (Å²) < 4.78 is 1.26. The van der Waals surface area contributed by atoms with E-state index in [4.69, 9.17) is 0 Å². The van der Waals surface area contributed by atoms with E-state index in [2.05, 4.69) is 13.8 Å². The van der Waals surface area contributed by atoms with E-state index in [0.29, 0.717) is 0 Å². The molecule has 16 heavy (non-hydrogen) atoms. The molecule has 2 heteroatoms. The molecule has 0 aliphatic heterocycles. The van der Waals surface area contributed by atoms with Crippen molar-refractivity contribution in [2.45, 2.75) is 26.7 Å². The van der Waals surface area contributed by atoms with Crippen LogP contribution in [0.5, 0.6) is 0 Å². The second-order valence-corrected chi connectivity index (χ2v) is 3.90. The molecule has 0 amide bonds. The molecule has 2 nitrogen and oxygen atoms in total. The minimum absolute atomic E-state index is 0.931. The topological polar surface area (TPSA) is 25.2 Å². The van der Waals surface area contributed by atoms with E-state index in [0.717, 1.165) is 24.1 Å². The first-order valence-corrected chi connectivity index (χ1v) is 5.75. The van der Waals surface area contributed by atoms with Crippen molar-refractivity contribution >= 4 is 0 Å². The Hall–Kier alpha value is -1.70. The molecule has 0 saturated carbocycles. The minimum Gasteiger partial charge on any atom is -0.428 e. The summed E-state index contributed by atoms with van der Waals surface area (Å²) in [6, 6.07) is 10.0. The van der Waals surface area contributed by atoms with E-state index in [1.165, 1.54) is 15.9 Å². The largest absolute Gasteiger partial charge is 0.428 e. The van der Waals surface area contributed by atoms with Gasteiger partial charge < -0.3 is 5.21 Å². The molecule has 0 aliphatic rings. The van der Waals surface area contributed by atoms with Crippen molar-refractivity contribution in [2.24, 2.45) is 0 Å². The van der Waals surface area contributed by atoms with Gasteiger partial charge in [0.05, 0.1) is 5.69 Å². The normalized spacial score (nSPS) is 10.6. The van der Waals surface area contributed by atoms with Gasteiger partial charge in [-0.3, -0.25) is 0 Å². The van der Waals surface area contributed by atoms with Gasteiger partial charge in [0.25, 0.3) is 0 Å². The Morgan fingerprint density at radius 3 is 2.31 bits per heavy atom. The fourth-order valence-corrected chi connectivity index (χ4v) is 2.18. The van der Waals surface area contributed by atoms with Gasteiger partial charge in [-0.25, -0.2) is 0 Å². The number of aryl methyl sites for hydroxylation is 1. The van der Waals surface area contributed by atoms with Gasteiger partial charge in [0, 0.05) is 11.8 Å². The first-order valence-electron chi connectivity index (χ1n) is 5.75. The Bertz CT molecular complexity index is 471. The van der Waals surface area contributed by atoms with Crippen LogP contribution >= 0.6 is 0 Å². The molecule has 0 saturated heterocycles. The Labute approximate surface area is 96.1 Å². The summed E-state index contributed by atoms with van der Waals surface area (Å²) in [5.74, 6) is 0. The quantitative estimate of drug-likeness (QED) is 0.779. The third-order valence-electron chi connectivity index (χ3n) is 2.96. The highest BCUT2D eigenvalue weighted by Gasteiger charge is 2.14. The number of rotatable bonds is 3. The standard InChI is InChI=1S/C14H17NO/c1-3-11-10-15(16)14(13(11)4-2)12-8-6-5-7-9-12/h5-10,16H,3-4H2,1-2H3. The van der Waals surface area contributed by atoms with E-state index >= 15 is 0 Å². The van der Waals surface area contributed by atoms with Crippen LogP contribution in [0.4, 0.5) is 0 Å². The minimum atomic E-state index is 0.931. The second-order valence-electron chi connectivity index (χ2n) is 3.90. The maximum Gasteiger partial charge on any atom is 0.0900 e. The molecule has 84 valence electrons. The van der Waals surface area contributed by atoms with Crippen molar-refractivity contribution < 1.29 is 5.21 Å². The van der Waals surface area contributed by atoms with Gasteiger partial charge in [-0.1, -0.05) is 44.2 Å². The number of hydrogen-bond donors (Lipinski definition) is 1. The van der Waals surface area contributed by atoms with Crippen molar-refractivity contribution in [1.29, 1.82) is 0 Å². The van der Waals surface area contributed by atoms with Crippen LogP contribution in [0.15, 0.2) is 36.5 Å². The zero-order valence-corrected chi connectivity index (χ0v) is 9.77. The maximum atomic E-state index is 9.94. The average molecular weight is 215 g/mol. The highest BCUT2D eigenvalue weighted by atomic mass is 16.5. The predicted molar refractivity (Wildman–Crippen MR) is 65.8 cm³/mol. The summed E-state index contributed by atoms with van der Waals surface area (Å²) in [6.07, 6.45) is 3.72. The average Bonchev–Trinajstić information content (AvgIpc) is 2.66. The maximum absolute atomic E-state index is 9.94. The van der Waals surface area contributed by atoms with Crippen LogP contribution in [-0.4, -0.2) is 9.94 Å². The Morgan fingerprint density at radius 2 is 1.75 bits per heavy atom. The van der Waals surface area contributed by atoms with Gasteiger partial charge in [0.2, 0.25) is 0 Å². The van der Waals surface area contributed by atoms with Gasteiger partial charge in [-0.05, 0) is 24.0 Å². The van der Waals surface area contributed by atoms with Crippen LogP contribution in [0, 0.1) is 0 Å². The molecule has 1 aromatic carbocycles. The van der Waals surface area contributed by atoms with Crippen molar-refractivity contribution in [2.75, 3.05) is 0 Å². The lowest BCUT2D eigenvalue weighted by Gasteiger charge is -2.05. The molecule has 2 aromatic rings. The molecule has 2 rings (SSSR count). The zero-order valence-electron chi connectivity index (χ0n) is 9.77. The molecule has 0 atom stereocenters. The molecule has 0 aliphatic carbocycles. The Balaban J connectivity index is 2.60. The summed E-state index contributed by atoms with van der Waals surface area (Å²) in [4.78, 5) is 0. The first-order chi connectivity index (χ1) is 7.77. The highest BCUT2D eigenvalue weighted by molar-refractivity contribution is 5.65. The lowest BCUT2D eigenvalue weighted by molar-refractivity contribution is 0.191. The van der Waals surface area contributed by atoms with Gasteiger partial charge in [0.1, 0.15) is 0 Å². The predicted octanol–water partition coefficient (Wildman–Crippen LogP) is 3.52. The molecular formula is C14H17NO. The lowest BCUT2D eigenvalue weighted by Crippen LogP contribution is -1.94. The number of benzene rings is 1. The van der Waals surface area contributed by atoms with Crippen LogP contribution in [0.1, 0.15) is 25.0 Å². The molecule has 0 radical (unpaired) electrons. The Morgan fingerprint density at radius 1 is 1.06 bits per heavy atom. The van der Waals surface area contributed by atoms with E-state index in [9.17, 15) is 5.21 Å². The monoisotopic (exact) mass is 215 g/mol. The molecule has 0 unspecified atom stereocenters. The van der Waals surface area contributed by atoms with Crippen LogP contribution in [-0.2, 0) is 12.8 Å². The molecule has 1 aromatic heterocycles. The van der Waals surface area contributed by atoms with Crippen molar-refractivity contribution in [3.63, 3.8) is 0 Å². The third-order valence-corrected chi connectivity index (χ3v) is 2.96. The zero-order chi connectivity index (χ0) is 11.5. The van der Waals surface area contributed by atoms with Crippen LogP contribution in [0.2, 0.25) is 0 Å². The number of nitrogens with zero attached hydrogens (tertiary/aromatic N) is 1. The van der Waals surface area contributed by atoms with Crippen LogP contribution < -0.4 is 0 Å². The van der Waals surface area contributed by atoms with Crippen molar-refractivity contribution in [1.82, 2.24) is 4.73 Å². The molecule has 1 N–H and O–H groups in total. The lowest BCUT2D eigenvalue weighted by atomic mass is 10.0. The molecule has 1 heterocycles. The smallest absolute Gasteiger partial charge is 0.0900 e. The van der Waals surface area contributed by atoms with E-state index in [1.807, 2.05) is 36.5 Å². The molecule has 0 spiro atoms. The Kier molecular flexibility index (Phi) is 3.00. The van der Waals surface area contributed by atoms with Gasteiger partial charge in [0.15, 0.2) is 0 Å². The fraction of sp³-hybridized carbons (Fsp3) is 0.286. The molecule has 0 bridgehead atoms. The molecular weight excluding hydrogens is 198 g/mol. The van der Waals surface area contributed by atoms with Crippen LogP contribution in [0.3, 0.4) is 0 Å². The second kappa shape index (κ2) is 4.44.